The predicted octanol–water partition coefficient (Wildman–Crippen LogP) is 3.34. The zero-order chi connectivity index (χ0) is 15.3. The van der Waals surface area contributed by atoms with Crippen LogP contribution in [0.2, 0.25) is 0 Å². The van der Waals surface area contributed by atoms with E-state index in [0.29, 0.717) is 12.1 Å². The first kappa shape index (κ1) is 16.5. The van der Waals surface area contributed by atoms with E-state index in [9.17, 15) is 18.0 Å². The van der Waals surface area contributed by atoms with Gasteiger partial charge in [-0.05, 0) is 24.6 Å². The second-order valence-electron chi connectivity index (χ2n) is 4.93. The van der Waals surface area contributed by atoms with Crippen LogP contribution < -0.4 is 10.6 Å². The highest BCUT2D eigenvalue weighted by Gasteiger charge is 2.30. The highest BCUT2D eigenvalue weighted by atomic mass is 19.4. The Morgan fingerprint density at radius 2 is 1.95 bits per heavy atom. The quantitative estimate of drug-likeness (QED) is 0.872. The number of anilines is 1. The van der Waals surface area contributed by atoms with Gasteiger partial charge in [0.15, 0.2) is 0 Å². The van der Waals surface area contributed by atoms with E-state index in [2.05, 4.69) is 10.6 Å². The van der Waals surface area contributed by atoms with E-state index in [4.69, 9.17) is 0 Å². The molecule has 2 N–H and O–H groups in total. The van der Waals surface area contributed by atoms with E-state index < -0.39 is 11.7 Å². The first-order valence-corrected chi connectivity index (χ1v) is 6.41. The minimum absolute atomic E-state index is 0.203. The molecule has 20 heavy (non-hydrogen) atoms. The number of nitrogens with one attached hydrogen (secondary N) is 2. The Kier molecular flexibility index (Phi) is 5.56. The van der Waals surface area contributed by atoms with Gasteiger partial charge in [0.2, 0.25) is 5.91 Å². The van der Waals surface area contributed by atoms with E-state index in [1.807, 2.05) is 13.8 Å². The second kappa shape index (κ2) is 6.74. The normalized spacial score (nSPS) is 11.8. The van der Waals surface area contributed by atoms with Crippen molar-refractivity contribution in [2.75, 3.05) is 11.9 Å². The average molecular weight is 288 g/mol. The summed E-state index contributed by atoms with van der Waals surface area (Å²) in [7, 11) is 0. The molecule has 1 rings (SSSR count). The van der Waals surface area contributed by atoms with E-state index in [1.54, 1.807) is 6.92 Å². The van der Waals surface area contributed by atoms with Gasteiger partial charge in [0, 0.05) is 24.7 Å². The Balaban J connectivity index is 2.69. The monoisotopic (exact) mass is 288 g/mol. The molecular weight excluding hydrogens is 269 g/mol. The molecule has 0 saturated heterocycles. The number of rotatable bonds is 5. The molecule has 0 bridgehead atoms. The van der Waals surface area contributed by atoms with Crippen molar-refractivity contribution in [2.45, 2.75) is 39.4 Å². The highest BCUT2D eigenvalue weighted by Crippen LogP contribution is 2.32. The van der Waals surface area contributed by atoms with E-state index in [1.165, 1.54) is 6.07 Å². The number of carbonyl (C=O) groups excluding carboxylic acids is 1. The zero-order valence-corrected chi connectivity index (χ0v) is 11.8. The fourth-order valence-electron chi connectivity index (χ4n) is 1.62. The van der Waals surface area contributed by atoms with E-state index >= 15 is 0 Å². The van der Waals surface area contributed by atoms with Crippen LogP contribution in [0, 0.1) is 6.92 Å². The van der Waals surface area contributed by atoms with Gasteiger partial charge in [0.05, 0.1) is 5.56 Å². The van der Waals surface area contributed by atoms with Crippen LogP contribution in [0.4, 0.5) is 18.9 Å². The van der Waals surface area contributed by atoms with Crippen LogP contribution in [0.1, 0.15) is 31.4 Å². The Morgan fingerprint density at radius 3 is 2.50 bits per heavy atom. The molecule has 0 spiro atoms. The first-order chi connectivity index (χ1) is 9.20. The number of benzene rings is 1. The maximum Gasteiger partial charge on any atom is 0.416 e. The van der Waals surface area contributed by atoms with Gasteiger partial charge in [-0.3, -0.25) is 4.79 Å². The number of hydrogen-bond acceptors (Lipinski definition) is 2. The van der Waals surface area contributed by atoms with Crippen LogP contribution in [0.5, 0.6) is 0 Å². The number of alkyl halides is 3. The molecule has 0 fully saturated rings. The molecule has 1 aromatic carbocycles. The number of hydrogen-bond donors (Lipinski definition) is 2. The zero-order valence-electron chi connectivity index (χ0n) is 11.8. The molecule has 112 valence electrons. The van der Waals surface area contributed by atoms with Crippen molar-refractivity contribution >= 4 is 11.6 Å². The van der Waals surface area contributed by atoms with Crippen molar-refractivity contribution < 1.29 is 18.0 Å². The van der Waals surface area contributed by atoms with Gasteiger partial charge in [-0.15, -0.1) is 0 Å². The molecule has 0 aliphatic rings. The smallest absolute Gasteiger partial charge is 0.326 e. The highest BCUT2D eigenvalue weighted by molar-refractivity contribution is 5.91. The molecular formula is C14H19F3N2O. The van der Waals surface area contributed by atoms with Gasteiger partial charge >= 0.3 is 6.18 Å². The fourth-order valence-corrected chi connectivity index (χ4v) is 1.62. The number of carbonyl (C=O) groups is 1. The molecule has 0 saturated carbocycles. The molecule has 0 aliphatic carbocycles. The van der Waals surface area contributed by atoms with Crippen molar-refractivity contribution in [1.29, 1.82) is 0 Å². The largest absolute Gasteiger partial charge is 0.416 e. The molecule has 1 aromatic rings. The van der Waals surface area contributed by atoms with Crippen molar-refractivity contribution in [3.8, 4) is 0 Å². The van der Waals surface area contributed by atoms with Crippen LogP contribution in [0.15, 0.2) is 18.2 Å². The van der Waals surface area contributed by atoms with Gasteiger partial charge < -0.3 is 10.6 Å². The van der Waals surface area contributed by atoms with E-state index in [0.717, 1.165) is 12.1 Å². The topological polar surface area (TPSA) is 41.1 Å². The van der Waals surface area contributed by atoms with Crippen molar-refractivity contribution in [3.05, 3.63) is 29.3 Å². The van der Waals surface area contributed by atoms with E-state index in [-0.39, 0.29) is 24.1 Å². The molecule has 0 unspecified atom stereocenters. The van der Waals surface area contributed by atoms with Gasteiger partial charge in [0.1, 0.15) is 0 Å². The lowest BCUT2D eigenvalue weighted by molar-refractivity contribution is -0.137. The standard InChI is InChI=1S/C14H19F3N2O/c1-9(2)18-7-6-13(20)19-12-8-11(14(15,16)17)5-4-10(12)3/h4-5,8-9,18H,6-7H2,1-3H3,(H,19,20). The number of amides is 1. The SMILES string of the molecule is Cc1ccc(C(F)(F)F)cc1NC(=O)CCNC(C)C. The Morgan fingerprint density at radius 1 is 1.30 bits per heavy atom. The lowest BCUT2D eigenvalue weighted by Gasteiger charge is -2.13. The van der Waals surface area contributed by atoms with Crippen LogP contribution in [0.25, 0.3) is 0 Å². The lowest BCUT2D eigenvalue weighted by Crippen LogP contribution is -2.27. The first-order valence-electron chi connectivity index (χ1n) is 6.41. The summed E-state index contributed by atoms with van der Waals surface area (Å²) in [4.78, 5) is 11.7. The molecule has 3 nitrogen and oxygen atoms in total. The fraction of sp³-hybridized carbons (Fsp3) is 0.500. The molecule has 0 radical (unpaired) electrons. The molecule has 0 atom stereocenters. The molecule has 0 heterocycles. The summed E-state index contributed by atoms with van der Waals surface area (Å²) in [5.41, 5.74) is 0.0382. The Hall–Kier alpha value is -1.56. The van der Waals surface area contributed by atoms with Gasteiger partial charge in [0.25, 0.3) is 0 Å². The minimum atomic E-state index is -4.41. The molecule has 0 aliphatic heterocycles. The summed E-state index contributed by atoms with van der Waals surface area (Å²) in [5, 5.41) is 5.59. The summed E-state index contributed by atoms with van der Waals surface area (Å²) in [6.07, 6.45) is -4.19. The molecule has 6 heteroatoms. The van der Waals surface area contributed by atoms with Crippen LogP contribution in [0.3, 0.4) is 0 Å². The van der Waals surface area contributed by atoms with Crippen molar-refractivity contribution in [1.82, 2.24) is 5.32 Å². The van der Waals surface area contributed by atoms with Gasteiger partial charge in [-0.1, -0.05) is 19.9 Å². The van der Waals surface area contributed by atoms with Gasteiger partial charge in [-0.2, -0.15) is 13.2 Å². The summed E-state index contributed by atoms with van der Waals surface area (Å²) < 4.78 is 37.8. The Labute approximate surface area is 116 Å². The minimum Gasteiger partial charge on any atom is -0.326 e. The summed E-state index contributed by atoms with van der Waals surface area (Å²) in [6, 6.07) is 3.58. The van der Waals surface area contributed by atoms with Gasteiger partial charge in [-0.25, -0.2) is 0 Å². The molecule has 0 aromatic heterocycles. The van der Waals surface area contributed by atoms with Crippen LogP contribution in [-0.4, -0.2) is 18.5 Å². The number of halogens is 3. The molecule has 1 amide bonds. The lowest BCUT2D eigenvalue weighted by atomic mass is 10.1. The Bertz CT molecular complexity index is 470. The van der Waals surface area contributed by atoms with Crippen LogP contribution >= 0.6 is 0 Å². The second-order valence-corrected chi connectivity index (χ2v) is 4.93. The third kappa shape index (κ3) is 5.21. The van der Waals surface area contributed by atoms with Crippen LogP contribution in [-0.2, 0) is 11.0 Å². The van der Waals surface area contributed by atoms with Crippen molar-refractivity contribution in [3.63, 3.8) is 0 Å². The predicted molar refractivity (Wildman–Crippen MR) is 72.6 cm³/mol. The third-order valence-electron chi connectivity index (χ3n) is 2.74. The average Bonchev–Trinajstić information content (AvgIpc) is 2.30. The maximum atomic E-state index is 12.6. The summed E-state index contributed by atoms with van der Waals surface area (Å²) >= 11 is 0. The maximum absolute atomic E-state index is 12.6. The summed E-state index contributed by atoms with van der Waals surface area (Å²) in [5.74, 6) is -0.305. The number of aryl methyl sites for hydroxylation is 1. The third-order valence-corrected chi connectivity index (χ3v) is 2.74. The van der Waals surface area contributed by atoms with Crippen molar-refractivity contribution in [2.24, 2.45) is 0 Å². The summed E-state index contributed by atoms with van der Waals surface area (Å²) in [6.45, 7) is 6.05.